The first-order valence-electron chi connectivity index (χ1n) is 6.77. The van der Waals surface area contributed by atoms with E-state index in [4.69, 9.17) is 0 Å². The molecule has 2 N–H and O–H groups in total. The molecule has 0 aliphatic heterocycles. The van der Waals surface area contributed by atoms with Crippen LogP contribution in [0.1, 0.15) is 45.7 Å². The number of hydrogen-bond acceptors (Lipinski definition) is 2. The molecule has 0 heterocycles. The molecule has 0 radical (unpaired) electrons. The van der Waals surface area contributed by atoms with Gasteiger partial charge >= 0.3 is 0 Å². The molecule has 0 aliphatic carbocycles. The number of aryl methyl sites for hydroxylation is 1. The van der Waals surface area contributed by atoms with E-state index >= 15 is 0 Å². The van der Waals surface area contributed by atoms with Crippen molar-refractivity contribution < 1.29 is 5.11 Å². The Labute approximate surface area is 111 Å². The Morgan fingerprint density at radius 3 is 1.94 bits per heavy atom. The third-order valence-electron chi connectivity index (χ3n) is 3.02. The van der Waals surface area contributed by atoms with Gasteiger partial charge in [0.1, 0.15) is 0 Å². The maximum Gasteiger partial charge on any atom is 0.0783 e. The van der Waals surface area contributed by atoms with Gasteiger partial charge in [0.25, 0.3) is 0 Å². The molecule has 0 fully saturated rings. The maximum atomic E-state index is 10.4. The highest BCUT2D eigenvalue weighted by Crippen LogP contribution is 2.15. The Hall–Kier alpha value is -0.860. The van der Waals surface area contributed by atoms with Gasteiger partial charge in [0.05, 0.1) is 5.60 Å². The smallest absolute Gasteiger partial charge is 0.0783 e. The third kappa shape index (κ3) is 5.65. The lowest BCUT2D eigenvalue weighted by Gasteiger charge is -2.29. The van der Waals surface area contributed by atoms with Crippen molar-refractivity contribution in [1.82, 2.24) is 5.32 Å². The van der Waals surface area contributed by atoms with Crippen molar-refractivity contribution in [3.8, 4) is 0 Å². The van der Waals surface area contributed by atoms with Gasteiger partial charge in [-0.25, -0.2) is 0 Å². The molecule has 1 atom stereocenters. The van der Waals surface area contributed by atoms with Crippen molar-refractivity contribution in [3.63, 3.8) is 0 Å². The Morgan fingerprint density at radius 1 is 1.00 bits per heavy atom. The largest absolute Gasteiger partial charge is 0.389 e. The van der Waals surface area contributed by atoms with E-state index in [-0.39, 0.29) is 5.54 Å². The summed E-state index contributed by atoms with van der Waals surface area (Å²) in [4.78, 5) is 0. The van der Waals surface area contributed by atoms with Crippen LogP contribution in [-0.2, 0) is 12.8 Å². The SMILES string of the molecule is CCc1ccc(CC(C)(O)CNC(C)(C)C)cc1. The summed E-state index contributed by atoms with van der Waals surface area (Å²) >= 11 is 0. The van der Waals surface area contributed by atoms with Crippen molar-refractivity contribution in [3.05, 3.63) is 35.4 Å². The van der Waals surface area contributed by atoms with Crippen LogP contribution in [0.3, 0.4) is 0 Å². The summed E-state index contributed by atoms with van der Waals surface area (Å²) in [5.41, 5.74) is 1.86. The van der Waals surface area contributed by atoms with Crippen molar-refractivity contribution in [2.45, 2.75) is 58.6 Å². The highest BCUT2D eigenvalue weighted by atomic mass is 16.3. The van der Waals surface area contributed by atoms with Gasteiger partial charge in [0, 0.05) is 18.5 Å². The van der Waals surface area contributed by atoms with Crippen LogP contribution in [0.15, 0.2) is 24.3 Å². The summed E-state index contributed by atoms with van der Waals surface area (Å²) < 4.78 is 0. The van der Waals surface area contributed by atoms with Crippen molar-refractivity contribution in [1.29, 1.82) is 0 Å². The molecule has 0 aromatic heterocycles. The van der Waals surface area contributed by atoms with Gasteiger partial charge in [0.2, 0.25) is 0 Å². The molecular formula is C16H27NO. The quantitative estimate of drug-likeness (QED) is 0.841. The Morgan fingerprint density at radius 2 is 1.50 bits per heavy atom. The Kier molecular flexibility index (Phi) is 4.94. The first kappa shape index (κ1) is 15.2. The lowest BCUT2D eigenvalue weighted by atomic mass is 9.94. The summed E-state index contributed by atoms with van der Waals surface area (Å²) in [6.07, 6.45) is 1.74. The fraction of sp³-hybridized carbons (Fsp3) is 0.625. The second-order valence-corrected chi connectivity index (χ2v) is 6.45. The van der Waals surface area contributed by atoms with E-state index in [0.717, 1.165) is 6.42 Å². The van der Waals surface area contributed by atoms with Crippen LogP contribution < -0.4 is 5.32 Å². The van der Waals surface area contributed by atoms with E-state index in [0.29, 0.717) is 13.0 Å². The van der Waals surface area contributed by atoms with Crippen LogP contribution in [0.5, 0.6) is 0 Å². The molecule has 2 heteroatoms. The lowest BCUT2D eigenvalue weighted by Crippen LogP contribution is -2.47. The first-order chi connectivity index (χ1) is 8.22. The lowest BCUT2D eigenvalue weighted by molar-refractivity contribution is 0.0535. The second-order valence-electron chi connectivity index (χ2n) is 6.45. The number of aliphatic hydroxyl groups is 1. The Balaban J connectivity index is 2.58. The van der Waals surface area contributed by atoms with E-state index in [1.165, 1.54) is 11.1 Å². The zero-order chi connectivity index (χ0) is 13.8. The van der Waals surface area contributed by atoms with Crippen LogP contribution in [0.4, 0.5) is 0 Å². The fourth-order valence-corrected chi connectivity index (χ4v) is 1.85. The van der Waals surface area contributed by atoms with Crippen molar-refractivity contribution in [2.24, 2.45) is 0 Å². The van der Waals surface area contributed by atoms with E-state index < -0.39 is 5.60 Å². The molecule has 1 aromatic carbocycles. The first-order valence-corrected chi connectivity index (χ1v) is 6.77. The van der Waals surface area contributed by atoms with E-state index in [9.17, 15) is 5.11 Å². The standard InChI is InChI=1S/C16H27NO/c1-6-13-7-9-14(10-8-13)11-16(5,18)12-17-15(2,3)4/h7-10,17-18H,6,11-12H2,1-5H3. The molecular weight excluding hydrogens is 222 g/mol. The zero-order valence-corrected chi connectivity index (χ0v) is 12.4. The van der Waals surface area contributed by atoms with Crippen molar-refractivity contribution in [2.75, 3.05) is 6.54 Å². The molecule has 0 spiro atoms. The summed E-state index contributed by atoms with van der Waals surface area (Å²) in [5, 5.41) is 13.8. The van der Waals surface area contributed by atoms with Crippen molar-refractivity contribution >= 4 is 0 Å². The van der Waals surface area contributed by atoms with Crippen LogP contribution in [0.25, 0.3) is 0 Å². The molecule has 1 unspecified atom stereocenters. The predicted molar refractivity (Wildman–Crippen MR) is 77.9 cm³/mol. The van der Waals surface area contributed by atoms with Gasteiger partial charge in [-0.05, 0) is 45.2 Å². The van der Waals surface area contributed by atoms with Crippen LogP contribution >= 0.6 is 0 Å². The second kappa shape index (κ2) is 5.85. The maximum absolute atomic E-state index is 10.4. The zero-order valence-electron chi connectivity index (χ0n) is 12.4. The summed E-state index contributed by atoms with van der Waals surface area (Å²) in [5.74, 6) is 0. The van der Waals surface area contributed by atoms with Gasteiger partial charge in [-0.1, -0.05) is 31.2 Å². The molecule has 1 aromatic rings. The van der Waals surface area contributed by atoms with Gasteiger partial charge in [-0.3, -0.25) is 0 Å². The van der Waals surface area contributed by atoms with E-state index in [1.54, 1.807) is 0 Å². The minimum absolute atomic E-state index is 0.0378. The number of nitrogens with one attached hydrogen (secondary N) is 1. The number of benzene rings is 1. The minimum atomic E-state index is -0.707. The highest BCUT2D eigenvalue weighted by molar-refractivity contribution is 5.23. The monoisotopic (exact) mass is 249 g/mol. The van der Waals surface area contributed by atoms with E-state index in [2.05, 4.69) is 57.3 Å². The van der Waals surface area contributed by atoms with E-state index in [1.807, 2.05) is 6.92 Å². The van der Waals surface area contributed by atoms with Gasteiger partial charge in [-0.2, -0.15) is 0 Å². The molecule has 102 valence electrons. The third-order valence-corrected chi connectivity index (χ3v) is 3.02. The summed E-state index contributed by atoms with van der Waals surface area (Å²) in [7, 11) is 0. The molecule has 0 bridgehead atoms. The number of β-amino-alcohol motifs (C(OH)–C–C–N with tert-alkyl or cyclic N) is 1. The van der Waals surface area contributed by atoms with Crippen LogP contribution in [0.2, 0.25) is 0 Å². The molecule has 0 aliphatic rings. The molecule has 2 nitrogen and oxygen atoms in total. The van der Waals surface area contributed by atoms with Crippen LogP contribution in [-0.4, -0.2) is 22.8 Å². The topological polar surface area (TPSA) is 32.3 Å². The fourth-order valence-electron chi connectivity index (χ4n) is 1.85. The minimum Gasteiger partial charge on any atom is -0.389 e. The molecule has 0 saturated heterocycles. The normalized spacial score (nSPS) is 15.4. The molecule has 0 saturated carbocycles. The molecule has 18 heavy (non-hydrogen) atoms. The van der Waals surface area contributed by atoms with Gasteiger partial charge in [-0.15, -0.1) is 0 Å². The Bertz CT molecular complexity index is 360. The average Bonchev–Trinajstić information content (AvgIpc) is 2.26. The molecule has 1 rings (SSSR count). The number of hydrogen-bond donors (Lipinski definition) is 2. The predicted octanol–water partition coefficient (Wildman–Crippen LogP) is 2.93. The van der Waals surface area contributed by atoms with Gasteiger partial charge < -0.3 is 10.4 Å². The summed E-state index contributed by atoms with van der Waals surface area (Å²) in [6.45, 7) is 11.0. The molecule has 0 amide bonds. The van der Waals surface area contributed by atoms with Crippen LogP contribution in [0, 0.1) is 0 Å². The van der Waals surface area contributed by atoms with Gasteiger partial charge in [0.15, 0.2) is 0 Å². The highest BCUT2D eigenvalue weighted by Gasteiger charge is 2.23. The average molecular weight is 249 g/mol. The summed E-state index contributed by atoms with van der Waals surface area (Å²) in [6, 6.07) is 8.51. The number of rotatable bonds is 5.